The van der Waals surface area contributed by atoms with E-state index >= 15 is 0 Å². The van der Waals surface area contributed by atoms with E-state index in [4.69, 9.17) is 0 Å². The van der Waals surface area contributed by atoms with Gasteiger partial charge in [-0.05, 0) is 49.4 Å². The van der Waals surface area contributed by atoms with Crippen molar-refractivity contribution in [1.82, 2.24) is 4.31 Å². The van der Waals surface area contributed by atoms with Crippen molar-refractivity contribution in [2.75, 3.05) is 36.8 Å². The molecule has 0 N–H and O–H groups in total. The average Bonchev–Trinajstić information content (AvgIpc) is 2.64. The number of piperazine rings is 1. The van der Waals surface area contributed by atoms with Gasteiger partial charge >= 0.3 is 0 Å². The number of benzene rings is 2. The molecule has 0 aromatic heterocycles. The minimum absolute atomic E-state index is 0.228. The molecule has 4 nitrogen and oxygen atoms in total. The number of hydrogen-bond donors (Lipinski definition) is 0. The molecular weight excluding hydrogens is 344 g/mol. The molecule has 2 aromatic carbocycles. The van der Waals surface area contributed by atoms with Crippen LogP contribution in [0.2, 0.25) is 0 Å². The first-order valence-corrected chi connectivity index (χ1v) is 10.9. The summed E-state index contributed by atoms with van der Waals surface area (Å²) in [4.78, 5) is 2.30. The van der Waals surface area contributed by atoms with Gasteiger partial charge < -0.3 is 4.90 Å². The summed E-state index contributed by atoms with van der Waals surface area (Å²) >= 11 is 0. The SMILES string of the molecule is Cc1ccc(C)c(N2CCN(S(=O)(=O)CCCc3ccccc3)CC2)c1. The molecule has 5 heteroatoms. The van der Waals surface area contributed by atoms with Gasteiger partial charge in [-0.15, -0.1) is 0 Å². The van der Waals surface area contributed by atoms with Crippen LogP contribution in [0.4, 0.5) is 5.69 Å². The van der Waals surface area contributed by atoms with Crippen LogP contribution in [-0.2, 0) is 16.4 Å². The average molecular weight is 373 g/mol. The maximum Gasteiger partial charge on any atom is 0.214 e. The number of sulfonamides is 1. The Bertz CT molecular complexity index is 826. The van der Waals surface area contributed by atoms with Crippen molar-refractivity contribution in [1.29, 1.82) is 0 Å². The zero-order chi connectivity index (χ0) is 18.6. The largest absolute Gasteiger partial charge is 0.369 e. The summed E-state index contributed by atoms with van der Waals surface area (Å²) < 4.78 is 27.0. The Hall–Kier alpha value is -1.85. The van der Waals surface area contributed by atoms with Gasteiger partial charge in [-0.25, -0.2) is 8.42 Å². The molecule has 0 radical (unpaired) electrons. The van der Waals surface area contributed by atoms with E-state index in [1.54, 1.807) is 4.31 Å². The standard InChI is InChI=1S/C21H28N2O2S/c1-18-10-11-19(2)21(17-18)22-12-14-23(15-13-22)26(24,25)16-6-9-20-7-4-3-5-8-20/h3-5,7-8,10-11,17H,6,9,12-16H2,1-2H3. The minimum Gasteiger partial charge on any atom is -0.369 e. The Morgan fingerprint density at radius 1 is 0.923 bits per heavy atom. The molecule has 0 aliphatic carbocycles. The van der Waals surface area contributed by atoms with Crippen molar-refractivity contribution in [3.05, 3.63) is 65.2 Å². The number of aryl methyl sites for hydroxylation is 3. The number of rotatable bonds is 6. The van der Waals surface area contributed by atoms with Crippen LogP contribution in [0, 0.1) is 13.8 Å². The van der Waals surface area contributed by atoms with Crippen molar-refractivity contribution < 1.29 is 8.42 Å². The first kappa shape index (κ1) is 18.9. The normalized spacial score (nSPS) is 16.0. The third kappa shape index (κ3) is 4.65. The molecule has 26 heavy (non-hydrogen) atoms. The number of anilines is 1. The third-order valence-electron chi connectivity index (χ3n) is 5.05. The van der Waals surface area contributed by atoms with E-state index in [-0.39, 0.29) is 5.75 Å². The molecule has 140 valence electrons. The molecule has 1 saturated heterocycles. The van der Waals surface area contributed by atoms with E-state index in [2.05, 4.69) is 49.1 Å². The maximum absolute atomic E-state index is 12.6. The van der Waals surface area contributed by atoms with E-state index < -0.39 is 10.0 Å². The van der Waals surface area contributed by atoms with Crippen molar-refractivity contribution in [2.45, 2.75) is 26.7 Å². The highest BCUT2D eigenvalue weighted by Crippen LogP contribution is 2.23. The molecule has 0 atom stereocenters. The maximum atomic E-state index is 12.6. The highest BCUT2D eigenvalue weighted by Gasteiger charge is 2.27. The van der Waals surface area contributed by atoms with Gasteiger partial charge in [-0.1, -0.05) is 42.5 Å². The van der Waals surface area contributed by atoms with Crippen LogP contribution in [0.5, 0.6) is 0 Å². The smallest absolute Gasteiger partial charge is 0.214 e. The van der Waals surface area contributed by atoms with Crippen molar-refractivity contribution in [3.63, 3.8) is 0 Å². The second kappa shape index (κ2) is 8.23. The second-order valence-electron chi connectivity index (χ2n) is 7.08. The molecule has 1 aliphatic rings. The van der Waals surface area contributed by atoms with Gasteiger partial charge in [-0.2, -0.15) is 4.31 Å². The third-order valence-corrected chi connectivity index (χ3v) is 7.00. The fourth-order valence-corrected chi connectivity index (χ4v) is 4.99. The van der Waals surface area contributed by atoms with Crippen molar-refractivity contribution >= 4 is 15.7 Å². The van der Waals surface area contributed by atoms with Gasteiger partial charge in [0.25, 0.3) is 0 Å². The summed E-state index contributed by atoms with van der Waals surface area (Å²) in [5, 5.41) is 0. The van der Waals surface area contributed by atoms with E-state index in [9.17, 15) is 8.42 Å². The van der Waals surface area contributed by atoms with Crippen LogP contribution in [0.25, 0.3) is 0 Å². The number of nitrogens with zero attached hydrogens (tertiary/aromatic N) is 2. The van der Waals surface area contributed by atoms with Gasteiger partial charge in [0.1, 0.15) is 0 Å². The lowest BCUT2D eigenvalue weighted by Crippen LogP contribution is -2.49. The van der Waals surface area contributed by atoms with Crippen LogP contribution in [0.3, 0.4) is 0 Å². The van der Waals surface area contributed by atoms with Gasteiger partial charge in [0.2, 0.25) is 10.0 Å². The Morgan fingerprint density at radius 2 is 1.62 bits per heavy atom. The lowest BCUT2D eigenvalue weighted by Gasteiger charge is -2.36. The van der Waals surface area contributed by atoms with Crippen LogP contribution in [0.1, 0.15) is 23.1 Å². The fourth-order valence-electron chi connectivity index (χ4n) is 3.50. The Morgan fingerprint density at radius 3 is 2.31 bits per heavy atom. The van der Waals surface area contributed by atoms with Crippen LogP contribution < -0.4 is 4.90 Å². The Balaban J connectivity index is 1.54. The van der Waals surface area contributed by atoms with Crippen LogP contribution >= 0.6 is 0 Å². The quantitative estimate of drug-likeness (QED) is 0.780. The van der Waals surface area contributed by atoms with Crippen LogP contribution in [-0.4, -0.2) is 44.7 Å². The predicted molar refractivity (Wildman–Crippen MR) is 108 cm³/mol. The second-order valence-corrected chi connectivity index (χ2v) is 9.17. The zero-order valence-electron chi connectivity index (χ0n) is 15.7. The van der Waals surface area contributed by atoms with E-state index in [1.165, 1.54) is 22.4 Å². The molecule has 0 saturated carbocycles. The van der Waals surface area contributed by atoms with Gasteiger partial charge in [0.05, 0.1) is 5.75 Å². The Kier molecular flexibility index (Phi) is 5.99. The van der Waals surface area contributed by atoms with E-state index in [1.807, 2.05) is 18.2 Å². The summed E-state index contributed by atoms with van der Waals surface area (Å²) in [5.74, 6) is 0.228. The van der Waals surface area contributed by atoms with Gasteiger partial charge in [-0.3, -0.25) is 0 Å². The van der Waals surface area contributed by atoms with Gasteiger partial charge in [0.15, 0.2) is 0 Å². The van der Waals surface area contributed by atoms with Gasteiger partial charge in [0, 0.05) is 31.9 Å². The molecule has 1 fully saturated rings. The first-order valence-electron chi connectivity index (χ1n) is 9.30. The molecule has 2 aromatic rings. The highest BCUT2D eigenvalue weighted by molar-refractivity contribution is 7.89. The molecule has 1 aliphatic heterocycles. The monoisotopic (exact) mass is 372 g/mol. The molecule has 0 spiro atoms. The fraction of sp³-hybridized carbons (Fsp3) is 0.429. The molecular formula is C21H28N2O2S. The summed E-state index contributed by atoms with van der Waals surface area (Å²) in [7, 11) is -3.17. The zero-order valence-corrected chi connectivity index (χ0v) is 16.5. The summed E-state index contributed by atoms with van der Waals surface area (Å²) in [6, 6.07) is 16.5. The molecule has 0 amide bonds. The van der Waals surface area contributed by atoms with Crippen molar-refractivity contribution in [3.8, 4) is 0 Å². The summed E-state index contributed by atoms with van der Waals surface area (Å²) in [6.07, 6.45) is 1.48. The molecule has 3 rings (SSSR count). The Labute approximate surface area is 157 Å². The highest BCUT2D eigenvalue weighted by atomic mass is 32.2. The first-order chi connectivity index (χ1) is 12.5. The summed E-state index contributed by atoms with van der Waals surface area (Å²) in [6.45, 7) is 6.85. The predicted octanol–water partition coefficient (Wildman–Crippen LogP) is 3.39. The minimum atomic E-state index is -3.17. The molecule has 1 heterocycles. The topological polar surface area (TPSA) is 40.6 Å². The van der Waals surface area contributed by atoms with Crippen LogP contribution in [0.15, 0.2) is 48.5 Å². The lowest BCUT2D eigenvalue weighted by atomic mass is 10.1. The molecule has 0 bridgehead atoms. The summed E-state index contributed by atoms with van der Waals surface area (Å²) in [5.41, 5.74) is 4.91. The lowest BCUT2D eigenvalue weighted by molar-refractivity contribution is 0.384. The molecule has 0 unspecified atom stereocenters. The van der Waals surface area contributed by atoms with Crippen molar-refractivity contribution in [2.24, 2.45) is 0 Å². The van der Waals surface area contributed by atoms with E-state index in [0.29, 0.717) is 19.5 Å². The van der Waals surface area contributed by atoms with E-state index in [0.717, 1.165) is 19.5 Å². The number of hydrogen-bond acceptors (Lipinski definition) is 3.